The average Bonchev–Trinajstić information content (AvgIpc) is 3.35. The van der Waals surface area contributed by atoms with Crippen molar-refractivity contribution < 1.29 is 13.6 Å². The van der Waals surface area contributed by atoms with Crippen molar-refractivity contribution in [2.75, 3.05) is 0 Å². The smallest absolute Gasteiger partial charge is 0.242 e. The number of furan rings is 1. The first-order valence-electron chi connectivity index (χ1n) is 9.91. The molecule has 1 unspecified atom stereocenters. The summed E-state index contributed by atoms with van der Waals surface area (Å²) in [6.45, 7) is 3.94. The maximum absolute atomic E-state index is 13.3. The number of fused-ring (bicyclic) bond motifs is 1. The van der Waals surface area contributed by atoms with Crippen LogP contribution in [0.2, 0.25) is 0 Å². The van der Waals surface area contributed by atoms with Crippen LogP contribution in [0.25, 0.3) is 22.2 Å². The minimum absolute atomic E-state index is 0.00765. The van der Waals surface area contributed by atoms with Crippen molar-refractivity contribution in [3.63, 3.8) is 0 Å². The highest BCUT2D eigenvalue weighted by molar-refractivity contribution is 5.95. The summed E-state index contributed by atoms with van der Waals surface area (Å²) < 4.78 is 20.3. The number of nitrogens with one attached hydrogen (secondary N) is 1. The van der Waals surface area contributed by atoms with Gasteiger partial charge in [-0.25, -0.2) is 14.1 Å². The Morgan fingerprint density at radius 3 is 2.77 bits per heavy atom. The molecule has 0 saturated heterocycles. The Kier molecular flexibility index (Phi) is 5.61. The predicted molar refractivity (Wildman–Crippen MR) is 112 cm³/mol. The summed E-state index contributed by atoms with van der Waals surface area (Å²) in [5, 5.41) is 8.40. The van der Waals surface area contributed by atoms with Crippen LogP contribution in [0, 0.1) is 12.7 Å². The van der Waals surface area contributed by atoms with Crippen molar-refractivity contribution in [2.24, 2.45) is 0 Å². The molecule has 7 heteroatoms. The fourth-order valence-corrected chi connectivity index (χ4v) is 3.60. The van der Waals surface area contributed by atoms with Gasteiger partial charge in [0.2, 0.25) is 5.91 Å². The Hall–Kier alpha value is -3.48. The van der Waals surface area contributed by atoms with Gasteiger partial charge in [-0.3, -0.25) is 4.79 Å². The maximum atomic E-state index is 13.3. The fourth-order valence-electron chi connectivity index (χ4n) is 3.60. The number of halogens is 1. The zero-order valence-corrected chi connectivity index (χ0v) is 16.9. The molecule has 0 aliphatic carbocycles. The van der Waals surface area contributed by atoms with Gasteiger partial charge in [0.1, 0.15) is 18.1 Å². The third-order valence-corrected chi connectivity index (χ3v) is 5.07. The standard InChI is InChI=1S/C23H23FN4O2/c1-15(5-10-19-4-3-13-30-19)26-21(29)14-28-23-22(16(2)27-28)20(11-12-25-23)17-6-8-18(24)9-7-17/h3-4,6-9,11-13,15H,5,10,14H2,1-2H3,(H,26,29). The van der Waals surface area contributed by atoms with E-state index in [1.165, 1.54) is 12.1 Å². The van der Waals surface area contributed by atoms with Gasteiger partial charge in [-0.1, -0.05) is 12.1 Å². The molecule has 4 aromatic rings. The molecule has 0 aliphatic rings. The third-order valence-electron chi connectivity index (χ3n) is 5.07. The number of amides is 1. The highest BCUT2D eigenvalue weighted by Gasteiger charge is 2.17. The zero-order valence-electron chi connectivity index (χ0n) is 16.9. The first kappa shape index (κ1) is 19.8. The topological polar surface area (TPSA) is 73.0 Å². The van der Waals surface area contributed by atoms with Crippen LogP contribution in [0.4, 0.5) is 4.39 Å². The summed E-state index contributed by atoms with van der Waals surface area (Å²) in [4.78, 5) is 17.0. The van der Waals surface area contributed by atoms with Crippen LogP contribution in [0.5, 0.6) is 0 Å². The minimum atomic E-state index is -0.283. The lowest BCUT2D eigenvalue weighted by Crippen LogP contribution is -2.35. The van der Waals surface area contributed by atoms with E-state index in [9.17, 15) is 9.18 Å². The molecule has 0 aliphatic heterocycles. The molecular formula is C23H23FN4O2. The first-order valence-corrected chi connectivity index (χ1v) is 9.91. The maximum Gasteiger partial charge on any atom is 0.242 e. The molecule has 154 valence electrons. The van der Waals surface area contributed by atoms with E-state index in [4.69, 9.17) is 4.42 Å². The van der Waals surface area contributed by atoms with Crippen LogP contribution in [0.3, 0.4) is 0 Å². The SMILES string of the molecule is Cc1nn(CC(=O)NC(C)CCc2ccco2)c2nccc(-c3ccc(F)cc3)c12. The molecular weight excluding hydrogens is 383 g/mol. The fraction of sp³-hybridized carbons (Fsp3) is 0.261. The summed E-state index contributed by atoms with van der Waals surface area (Å²) in [6, 6.07) is 12.0. The Bertz CT molecular complexity index is 1150. The molecule has 1 atom stereocenters. The average molecular weight is 406 g/mol. The van der Waals surface area contributed by atoms with E-state index in [1.807, 2.05) is 32.0 Å². The van der Waals surface area contributed by atoms with Gasteiger partial charge in [0.05, 0.1) is 12.0 Å². The number of hydrogen-bond acceptors (Lipinski definition) is 4. The van der Waals surface area contributed by atoms with Crippen molar-refractivity contribution in [1.82, 2.24) is 20.1 Å². The lowest BCUT2D eigenvalue weighted by molar-refractivity contribution is -0.122. The lowest BCUT2D eigenvalue weighted by atomic mass is 10.0. The lowest BCUT2D eigenvalue weighted by Gasteiger charge is -2.13. The summed E-state index contributed by atoms with van der Waals surface area (Å²) in [7, 11) is 0. The highest BCUT2D eigenvalue weighted by atomic mass is 19.1. The van der Waals surface area contributed by atoms with Crippen LogP contribution in [0.1, 0.15) is 24.8 Å². The van der Waals surface area contributed by atoms with Gasteiger partial charge in [0.25, 0.3) is 0 Å². The molecule has 1 aromatic carbocycles. The molecule has 3 heterocycles. The van der Waals surface area contributed by atoms with Gasteiger partial charge in [-0.05, 0) is 61.7 Å². The molecule has 0 bridgehead atoms. The quantitative estimate of drug-likeness (QED) is 0.497. The van der Waals surface area contributed by atoms with Crippen LogP contribution in [-0.2, 0) is 17.8 Å². The summed E-state index contributed by atoms with van der Waals surface area (Å²) in [5.41, 5.74) is 3.20. The van der Waals surface area contributed by atoms with Crippen LogP contribution >= 0.6 is 0 Å². The Morgan fingerprint density at radius 1 is 1.23 bits per heavy atom. The number of rotatable bonds is 7. The zero-order chi connectivity index (χ0) is 21.1. The Balaban J connectivity index is 1.50. The van der Waals surface area contributed by atoms with Gasteiger partial charge >= 0.3 is 0 Å². The second kappa shape index (κ2) is 8.49. The van der Waals surface area contributed by atoms with E-state index in [0.29, 0.717) is 5.65 Å². The van der Waals surface area contributed by atoms with Gasteiger partial charge in [0.15, 0.2) is 5.65 Å². The molecule has 6 nitrogen and oxygen atoms in total. The van der Waals surface area contributed by atoms with Gasteiger partial charge in [-0.2, -0.15) is 5.10 Å². The highest BCUT2D eigenvalue weighted by Crippen LogP contribution is 2.29. The second-order valence-corrected chi connectivity index (χ2v) is 7.39. The van der Waals surface area contributed by atoms with E-state index in [-0.39, 0.29) is 24.3 Å². The molecule has 3 aromatic heterocycles. The van der Waals surface area contributed by atoms with E-state index >= 15 is 0 Å². The molecule has 0 saturated carbocycles. The summed E-state index contributed by atoms with van der Waals surface area (Å²) >= 11 is 0. The van der Waals surface area contributed by atoms with Crippen molar-refractivity contribution >= 4 is 16.9 Å². The van der Waals surface area contributed by atoms with Crippen LogP contribution in [0.15, 0.2) is 59.3 Å². The monoisotopic (exact) mass is 406 g/mol. The van der Waals surface area contributed by atoms with Crippen molar-refractivity contribution in [2.45, 2.75) is 39.3 Å². The van der Waals surface area contributed by atoms with E-state index in [0.717, 1.165) is 40.8 Å². The van der Waals surface area contributed by atoms with Crippen molar-refractivity contribution in [1.29, 1.82) is 0 Å². The minimum Gasteiger partial charge on any atom is -0.469 e. The summed E-state index contributed by atoms with van der Waals surface area (Å²) in [6.07, 6.45) is 4.88. The van der Waals surface area contributed by atoms with E-state index < -0.39 is 0 Å². The van der Waals surface area contributed by atoms with E-state index in [2.05, 4.69) is 15.4 Å². The number of pyridine rings is 1. The number of carbonyl (C=O) groups excluding carboxylic acids is 1. The third kappa shape index (κ3) is 4.25. The largest absolute Gasteiger partial charge is 0.469 e. The van der Waals surface area contributed by atoms with E-state index in [1.54, 1.807) is 29.3 Å². The van der Waals surface area contributed by atoms with Gasteiger partial charge < -0.3 is 9.73 Å². The van der Waals surface area contributed by atoms with Gasteiger partial charge in [-0.15, -0.1) is 0 Å². The normalized spacial score (nSPS) is 12.2. The van der Waals surface area contributed by atoms with Crippen molar-refractivity contribution in [3.8, 4) is 11.1 Å². The summed E-state index contributed by atoms with van der Waals surface area (Å²) in [5.74, 6) is 0.497. The number of hydrogen-bond donors (Lipinski definition) is 1. The number of carbonyl (C=O) groups is 1. The number of nitrogens with zero attached hydrogens (tertiary/aromatic N) is 3. The molecule has 0 spiro atoms. The molecule has 1 amide bonds. The predicted octanol–water partition coefficient (Wildman–Crippen LogP) is 4.28. The van der Waals surface area contributed by atoms with Crippen molar-refractivity contribution in [3.05, 3.63) is 72.2 Å². The second-order valence-electron chi connectivity index (χ2n) is 7.39. The number of benzene rings is 1. The first-order chi connectivity index (χ1) is 14.5. The van der Waals surface area contributed by atoms with Gasteiger partial charge in [0, 0.05) is 24.0 Å². The van der Waals surface area contributed by atoms with Crippen LogP contribution in [-0.4, -0.2) is 26.7 Å². The number of aromatic nitrogens is 3. The number of aryl methyl sites for hydroxylation is 2. The molecule has 0 radical (unpaired) electrons. The Morgan fingerprint density at radius 2 is 2.03 bits per heavy atom. The molecule has 30 heavy (non-hydrogen) atoms. The Labute approximate surface area is 173 Å². The molecule has 4 rings (SSSR count). The molecule has 0 fully saturated rings. The molecule has 1 N–H and O–H groups in total. The van der Waals surface area contributed by atoms with Crippen LogP contribution < -0.4 is 5.32 Å².